The molecule has 4 aromatic rings. The number of hydrogen-bond donors (Lipinski definition) is 1. The number of carbonyl (C=O) groups is 1. The smallest absolute Gasteiger partial charge is 0.275 e. The molecule has 0 radical (unpaired) electrons. The molecule has 150 valence electrons. The summed E-state index contributed by atoms with van der Waals surface area (Å²) in [4.78, 5) is 27.7. The van der Waals surface area contributed by atoms with Crippen molar-refractivity contribution in [2.45, 2.75) is 13.8 Å². The lowest BCUT2D eigenvalue weighted by Gasteiger charge is -2.10. The summed E-state index contributed by atoms with van der Waals surface area (Å²) < 4.78 is 7.30. The first kappa shape index (κ1) is 19.1. The number of nitro groups is 1. The summed E-state index contributed by atoms with van der Waals surface area (Å²) in [5.74, 6) is 0.307. The lowest BCUT2D eigenvalue weighted by molar-refractivity contribution is -0.384. The zero-order valence-corrected chi connectivity index (χ0v) is 16.2. The van der Waals surface area contributed by atoms with E-state index in [1.807, 2.05) is 32.0 Å². The Balaban J connectivity index is 1.65. The molecule has 2 heterocycles. The largest absolute Gasteiger partial charge is 0.457 e. The van der Waals surface area contributed by atoms with Crippen molar-refractivity contribution in [2.24, 2.45) is 0 Å². The summed E-state index contributed by atoms with van der Waals surface area (Å²) in [6.45, 7) is 3.87. The molecule has 0 aliphatic carbocycles. The molecule has 2 aromatic heterocycles. The maximum atomic E-state index is 12.7. The number of anilines is 1. The number of benzene rings is 2. The molecule has 0 unspecified atom stereocenters. The fraction of sp³-hybridized carbons (Fsp3) is 0.0952. The molecule has 4 rings (SSSR count). The lowest BCUT2D eigenvalue weighted by atomic mass is 10.1. The quantitative estimate of drug-likeness (QED) is 0.393. The van der Waals surface area contributed by atoms with E-state index >= 15 is 0 Å². The summed E-state index contributed by atoms with van der Waals surface area (Å²) in [5.41, 5.74) is 2.66. The van der Waals surface area contributed by atoms with E-state index < -0.39 is 10.8 Å². The van der Waals surface area contributed by atoms with Crippen molar-refractivity contribution in [3.63, 3.8) is 0 Å². The van der Waals surface area contributed by atoms with Crippen molar-refractivity contribution in [3.8, 4) is 11.5 Å². The molecular weight excluding hydrogens is 386 g/mol. The van der Waals surface area contributed by atoms with Crippen LogP contribution in [0.25, 0.3) is 5.65 Å². The highest BCUT2D eigenvalue weighted by molar-refractivity contribution is 6.08. The Labute approximate surface area is 171 Å². The predicted octanol–water partition coefficient (Wildman–Crippen LogP) is 4.30. The van der Waals surface area contributed by atoms with Crippen LogP contribution in [0.1, 0.15) is 21.5 Å². The molecule has 0 saturated carbocycles. The molecule has 0 spiro atoms. The molecule has 9 heteroatoms. The first-order valence-electron chi connectivity index (χ1n) is 9.04. The van der Waals surface area contributed by atoms with E-state index in [9.17, 15) is 14.9 Å². The van der Waals surface area contributed by atoms with Gasteiger partial charge in [0.2, 0.25) is 0 Å². The lowest BCUT2D eigenvalue weighted by Crippen LogP contribution is -2.12. The second kappa shape index (κ2) is 7.63. The summed E-state index contributed by atoms with van der Waals surface area (Å²) >= 11 is 0. The Morgan fingerprint density at radius 2 is 1.83 bits per heavy atom. The molecule has 0 bridgehead atoms. The van der Waals surface area contributed by atoms with Gasteiger partial charge in [-0.2, -0.15) is 5.10 Å². The topological polar surface area (TPSA) is 112 Å². The van der Waals surface area contributed by atoms with Gasteiger partial charge in [-0.15, -0.1) is 0 Å². The summed E-state index contributed by atoms with van der Waals surface area (Å²) in [5, 5.41) is 18.1. The fourth-order valence-electron chi connectivity index (χ4n) is 3.13. The van der Waals surface area contributed by atoms with Crippen molar-refractivity contribution < 1.29 is 14.5 Å². The zero-order valence-electron chi connectivity index (χ0n) is 16.2. The minimum Gasteiger partial charge on any atom is -0.457 e. The molecule has 9 nitrogen and oxygen atoms in total. The maximum Gasteiger partial charge on any atom is 0.275 e. The molecule has 0 atom stereocenters. The Bertz CT molecular complexity index is 1260. The standard InChI is InChI=1S/C21H17N5O4/c1-13-6-14(2)8-17(7-13)30-18-10-15(9-16(11-18)26(28)29)24-21(27)19-12-23-25-5-3-4-22-20(19)25/h3-12H,1-2H3,(H,24,27). The van der Waals surface area contributed by atoms with Gasteiger partial charge in [-0.1, -0.05) is 6.07 Å². The number of nitrogens with one attached hydrogen (secondary N) is 1. The number of amides is 1. The van der Waals surface area contributed by atoms with E-state index in [4.69, 9.17) is 4.74 Å². The van der Waals surface area contributed by atoms with Gasteiger partial charge in [0.05, 0.1) is 22.9 Å². The molecule has 0 fully saturated rings. The van der Waals surface area contributed by atoms with Crippen LogP contribution >= 0.6 is 0 Å². The van der Waals surface area contributed by atoms with Crippen LogP contribution in [0.5, 0.6) is 11.5 Å². The molecule has 0 aliphatic rings. The van der Waals surface area contributed by atoms with E-state index in [0.29, 0.717) is 11.4 Å². The van der Waals surface area contributed by atoms with Gasteiger partial charge in [0.15, 0.2) is 5.65 Å². The SMILES string of the molecule is Cc1cc(C)cc(Oc2cc(NC(=O)c3cnn4cccnc34)cc([N+](=O)[O-])c2)c1. The Morgan fingerprint density at radius 3 is 2.57 bits per heavy atom. The third-order valence-electron chi connectivity index (χ3n) is 4.31. The molecule has 0 aliphatic heterocycles. The average Bonchev–Trinajstić information content (AvgIpc) is 3.11. The minimum absolute atomic E-state index is 0.204. The average molecular weight is 403 g/mol. The van der Waals surface area contributed by atoms with Gasteiger partial charge in [-0.25, -0.2) is 9.50 Å². The van der Waals surface area contributed by atoms with Crippen LogP contribution < -0.4 is 10.1 Å². The third-order valence-corrected chi connectivity index (χ3v) is 4.31. The van der Waals surface area contributed by atoms with Gasteiger partial charge in [0.1, 0.15) is 17.1 Å². The molecular formula is C21H17N5O4. The van der Waals surface area contributed by atoms with Crippen LogP contribution in [0, 0.1) is 24.0 Å². The van der Waals surface area contributed by atoms with Gasteiger partial charge < -0.3 is 10.1 Å². The first-order valence-corrected chi connectivity index (χ1v) is 9.04. The van der Waals surface area contributed by atoms with Crippen LogP contribution in [0.2, 0.25) is 0 Å². The van der Waals surface area contributed by atoms with Crippen molar-refractivity contribution in [1.29, 1.82) is 0 Å². The normalized spacial score (nSPS) is 10.7. The number of fused-ring (bicyclic) bond motifs is 1. The summed E-state index contributed by atoms with van der Waals surface area (Å²) in [7, 11) is 0. The van der Waals surface area contributed by atoms with E-state index in [1.54, 1.807) is 18.5 Å². The minimum atomic E-state index is -0.541. The number of nitrogens with zero attached hydrogens (tertiary/aromatic N) is 4. The zero-order chi connectivity index (χ0) is 21.3. The van der Waals surface area contributed by atoms with E-state index in [1.165, 1.54) is 28.9 Å². The molecule has 1 amide bonds. The Kier molecular flexibility index (Phi) is 4.85. The van der Waals surface area contributed by atoms with Crippen molar-refractivity contribution >= 4 is 22.9 Å². The van der Waals surface area contributed by atoms with Gasteiger partial charge in [-0.3, -0.25) is 14.9 Å². The van der Waals surface area contributed by atoms with Gasteiger partial charge >= 0.3 is 0 Å². The second-order valence-corrected chi connectivity index (χ2v) is 6.80. The summed E-state index contributed by atoms with van der Waals surface area (Å²) in [6.07, 6.45) is 4.61. The number of carbonyl (C=O) groups excluding carboxylic acids is 1. The van der Waals surface area contributed by atoms with Crippen LogP contribution in [-0.4, -0.2) is 25.4 Å². The third kappa shape index (κ3) is 3.95. The highest BCUT2D eigenvalue weighted by atomic mass is 16.6. The van der Waals surface area contributed by atoms with Crippen LogP contribution in [0.15, 0.2) is 61.1 Å². The fourth-order valence-corrected chi connectivity index (χ4v) is 3.13. The van der Waals surface area contributed by atoms with Gasteiger partial charge in [-0.05, 0) is 43.2 Å². The number of aromatic nitrogens is 3. The van der Waals surface area contributed by atoms with Crippen LogP contribution in [0.4, 0.5) is 11.4 Å². The second-order valence-electron chi connectivity index (χ2n) is 6.80. The van der Waals surface area contributed by atoms with E-state index in [2.05, 4.69) is 15.4 Å². The molecule has 0 saturated heterocycles. The van der Waals surface area contributed by atoms with E-state index in [0.717, 1.165) is 11.1 Å². The summed E-state index contributed by atoms with van der Waals surface area (Å²) in [6, 6.07) is 11.5. The number of ether oxygens (including phenoxy) is 1. The van der Waals surface area contributed by atoms with Gasteiger partial charge in [0, 0.05) is 24.5 Å². The highest BCUT2D eigenvalue weighted by Gasteiger charge is 2.17. The Morgan fingerprint density at radius 1 is 1.10 bits per heavy atom. The number of rotatable bonds is 5. The number of hydrogen-bond acceptors (Lipinski definition) is 6. The molecule has 2 aromatic carbocycles. The monoisotopic (exact) mass is 403 g/mol. The molecule has 1 N–H and O–H groups in total. The Hall–Kier alpha value is -4.27. The van der Waals surface area contributed by atoms with Crippen LogP contribution in [-0.2, 0) is 0 Å². The van der Waals surface area contributed by atoms with Crippen molar-refractivity contribution in [3.05, 3.63) is 87.9 Å². The first-order chi connectivity index (χ1) is 14.4. The van der Waals surface area contributed by atoms with Crippen molar-refractivity contribution in [2.75, 3.05) is 5.32 Å². The number of non-ortho nitro benzene ring substituents is 1. The highest BCUT2D eigenvalue weighted by Crippen LogP contribution is 2.31. The number of nitro benzene ring substituents is 1. The van der Waals surface area contributed by atoms with Gasteiger partial charge in [0.25, 0.3) is 11.6 Å². The molecule has 30 heavy (non-hydrogen) atoms. The maximum absolute atomic E-state index is 12.7. The van der Waals surface area contributed by atoms with Crippen molar-refractivity contribution in [1.82, 2.24) is 14.6 Å². The number of aryl methyl sites for hydroxylation is 2. The predicted molar refractivity (Wildman–Crippen MR) is 110 cm³/mol. The van der Waals surface area contributed by atoms with E-state index in [-0.39, 0.29) is 22.7 Å². The van der Waals surface area contributed by atoms with Crippen LogP contribution in [0.3, 0.4) is 0 Å².